The minimum atomic E-state index is -0.265. The fraction of sp³-hybridized carbons (Fsp3) is 0.222. The van der Waals surface area contributed by atoms with E-state index in [1.54, 1.807) is 0 Å². The van der Waals surface area contributed by atoms with Crippen molar-refractivity contribution in [3.8, 4) is 0 Å². The van der Waals surface area contributed by atoms with Gasteiger partial charge in [0, 0.05) is 18.4 Å². The van der Waals surface area contributed by atoms with E-state index in [0.717, 1.165) is 6.42 Å². The molecule has 0 radical (unpaired) electrons. The Kier molecular flexibility index (Phi) is 4.42. The number of carbonyl (C=O) groups is 1. The van der Waals surface area contributed by atoms with Gasteiger partial charge in [0.05, 0.1) is 17.2 Å². The third kappa shape index (κ3) is 2.96. The maximum Gasteiger partial charge on any atom is 0.269 e. The average Bonchev–Trinajstić information content (AvgIpc) is 2.84. The highest BCUT2D eigenvalue weighted by Gasteiger charge is 2.42. The van der Waals surface area contributed by atoms with E-state index >= 15 is 0 Å². The Morgan fingerprint density at radius 3 is 2.25 bits per heavy atom. The molecule has 7 rings (SSSR count). The maximum atomic E-state index is 12.9. The number of benzene rings is 3. The number of amides is 1. The Bertz CT molecular complexity index is 1360. The lowest BCUT2D eigenvalue weighted by molar-refractivity contribution is -0.121. The van der Waals surface area contributed by atoms with Gasteiger partial charge in [-0.05, 0) is 46.7 Å². The molecular formula is C27H23N3O2. The van der Waals surface area contributed by atoms with E-state index in [4.69, 9.17) is 0 Å². The molecule has 0 saturated heterocycles. The van der Waals surface area contributed by atoms with E-state index in [1.165, 1.54) is 33.0 Å². The monoisotopic (exact) mass is 421 g/mol. The first-order chi connectivity index (χ1) is 15.7. The number of nitrogens with zero attached hydrogens (tertiary/aromatic N) is 2. The highest BCUT2D eigenvalue weighted by atomic mass is 16.2. The van der Waals surface area contributed by atoms with Gasteiger partial charge >= 0.3 is 0 Å². The fourth-order valence-electron chi connectivity index (χ4n) is 5.68. The molecule has 1 heterocycles. The van der Waals surface area contributed by atoms with Gasteiger partial charge in [-0.25, -0.2) is 4.98 Å². The van der Waals surface area contributed by atoms with Crippen LogP contribution in [0.4, 0.5) is 0 Å². The SMILES string of the molecule is O=C(Cn1c(=O)cnc2ccccc21)NCC1CC2c3ccccc3C1c1ccccc12. The summed E-state index contributed by atoms with van der Waals surface area (Å²) >= 11 is 0. The molecule has 0 fully saturated rings. The predicted octanol–water partition coefficient (Wildman–Crippen LogP) is 3.81. The van der Waals surface area contributed by atoms with E-state index in [1.807, 2.05) is 24.3 Å². The molecule has 32 heavy (non-hydrogen) atoms. The largest absolute Gasteiger partial charge is 0.354 e. The highest BCUT2D eigenvalue weighted by molar-refractivity contribution is 5.80. The molecule has 3 aliphatic rings. The summed E-state index contributed by atoms with van der Waals surface area (Å²) in [5.74, 6) is 0.851. The van der Waals surface area contributed by atoms with Crippen LogP contribution in [0.25, 0.3) is 11.0 Å². The topological polar surface area (TPSA) is 64.0 Å². The maximum absolute atomic E-state index is 12.9. The predicted molar refractivity (Wildman–Crippen MR) is 124 cm³/mol. The van der Waals surface area contributed by atoms with Gasteiger partial charge in [0.25, 0.3) is 5.56 Å². The van der Waals surface area contributed by atoms with Gasteiger partial charge in [-0.1, -0.05) is 60.7 Å². The first-order valence-corrected chi connectivity index (χ1v) is 11.1. The van der Waals surface area contributed by atoms with Crippen LogP contribution in [0.1, 0.15) is 40.5 Å². The summed E-state index contributed by atoms with van der Waals surface area (Å²) in [7, 11) is 0. The van der Waals surface area contributed by atoms with Gasteiger partial charge in [-0.2, -0.15) is 0 Å². The van der Waals surface area contributed by atoms with Crippen LogP contribution in [-0.4, -0.2) is 22.0 Å². The van der Waals surface area contributed by atoms with Crippen LogP contribution in [0, 0.1) is 5.92 Å². The minimum Gasteiger partial charge on any atom is -0.354 e. The summed E-state index contributed by atoms with van der Waals surface area (Å²) in [6.07, 6.45) is 2.31. The molecule has 5 heteroatoms. The van der Waals surface area contributed by atoms with E-state index < -0.39 is 0 Å². The fourth-order valence-corrected chi connectivity index (χ4v) is 5.68. The molecule has 1 aromatic heterocycles. The van der Waals surface area contributed by atoms with Gasteiger partial charge < -0.3 is 5.32 Å². The molecule has 5 nitrogen and oxygen atoms in total. The lowest BCUT2D eigenvalue weighted by Gasteiger charge is -2.45. The van der Waals surface area contributed by atoms with E-state index in [-0.39, 0.29) is 23.9 Å². The summed E-state index contributed by atoms with van der Waals surface area (Å²) in [5.41, 5.74) is 6.74. The van der Waals surface area contributed by atoms with Crippen LogP contribution >= 0.6 is 0 Å². The average molecular weight is 422 g/mol. The second-order valence-corrected chi connectivity index (χ2v) is 8.76. The summed E-state index contributed by atoms with van der Waals surface area (Å²) in [6, 6.07) is 24.8. The van der Waals surface area contributed by atoms with E-state index in [0.29, 0.717) is 29.4 Å². The van der Waals surface area contributed by atoms with Crippen LogP contribution in [0.3, 0.4) is 0 Å². The second kappa shape index (κ2) is 7.45. The standard InChI is InChI=1S/C27H23N3O2/c31-25(16-30-24-12-6-5-11-23(24)28-15-26(30)32)29-14-17-13-22-18-7-1-3-9-20(18)27(17)21-10-4-2-8-19(21)22/h1-12,15,17,22,27H,13-14,16H2,(H,29,31). The quantitative estimate of drug-likeness (QED) is 0.545. The van der Waals surface area contributed by atoms with Crippen LogP contribution in [0.5, 0.6) is 0 Å². The molecule has 3 aliphatic carbocycles. The number of nitrogens with one attached hydrogen (secondary N) is 1. The molecule has 0 aliphatic heterocycles. The normalized spacial score (nSPS) is 20.6. The van der Waals surface area contributed by atoms with Crippen LogP contribution in [-0.2, 0) is 11.3 Å². The number of rotatable bonds is 4. The van der Waals surface area contributed by atoms with Crippen molar-refractivity contribution in [3.63, 3.8) is 0 Å². The van der Waals surface area contributed by atoms with Gasteiger partial charge in [0.1, 0.15) is 6.54 Å². The third-order valence-corrected chi connectivity index (χ3v) is 7.04. The zero-order valence-corrected chi connectivity index (χ0v) is 17.6. The first-order valence-electron chi connectivity index (χ1n) is 11.1. The van der Waals surface area contributed by atoms with Gasteiger partial charge in [-0.3, -0.25) is 14.2 Å². The molecule has 1 amide bonds. The molecule has 0 spiro atoms. The number of hydrogen-bond donors (Lipinski definition) is 1. The Morgan fingerprint density at radius 1 is 0.906 bits per heavy atom. The van der Waals surface area contributed by atoms with Crippen molar-refractivity contribution in [2.24, 2.45) is 5.92 Å². The smallest absolute Gasteiger partial charge is 0.269 e. The molecule has 0 saturated carbocycles. The number of aromatic nitrogens is 2. The van der Waals surface area contributed by atoms with Crippen molar-refractivity contribution >= 4 is 16.9 Å². The van der Waals surface area contributed by atoms with Crippen molar-refractivity contribution < 1.29 is 4.79 Å². The van der Waals surface area contributed by atoms with Crippen molar-refractivity contribution in [2.45, 2.75) is 24.8 Å². The van der Waals surface area contributed by atoms with Gasteiger partial charge in [0.15, 0.2) is 0 Å². The zero-order chi connectivity index (χ0) is 21.7. The number of para-hydroxylation sites is 2. The molecule has 4 aromatic rings. The lowest BCUT2D eigenvalue weighted by atomic mass is 9.59. The molecule has 1 unspecified atom stereocenters. The first kappa shape index (κ1) is 19.0. The van der Waals surface area contributed by atoms with Crippen molar-refractivity contribution in [1.29, 1.82) is 0 Å². The Balaban J connectivity index is 1.25. The summed E-state index contributed by atoms with van der Waals surface area (Å²) in [4.78, 5) is 29.4. The minimum absolute atomic E-state index is 0.00411. The lowest BCUT2D eigenvalue weighted by Crippen LogP contribution is -2.41. The number of hydrogen-bond acceptors (Lipinski definition) is 3. The molecule has 158 valence electrons. The second-order valence-electron chi connectivity index (χ2n) is 8.76. The van der Waals surface area contributed by atoms with Gasteiger partial charge in [0.2, 0.25) is 5.91 Å². The van der Waals surface area contributed by atoms with Crippen molar-refractivity contribution in [3.05, 3.63) is 112 Å². The third-order valence-electron chi connectivity index (χ3n) is 7.04. The van der Waals surface area contributed by atoms with E-state index in [9.17, 15) is 9.59 Å². The van der Waals surface area contributed by atoms with Crippen molar-refractivity contribution in [1.82, 2.24) is 14.9 Å². The van der Waals surface area contributed by atoms with Crippen LogP contribution < -0.4 is 10.9 Å². The summed E-state index contributed by atoms with van der Waals surface area (Å²) < 4.78 is 1.50. The molecule has 2 bridgehead atoms. The summed E-state index contributed by atoms with van der Waals surface area (Å²) in [6.45, 7) is 0.594. The van der Waals surface area contributed by atoms with Gasteiger partial charge in [-0.15, -0.1) is 0 Å². The summed E-state index contributed by atoms with van der Waals surface area (Å²) in [5, 5.41) is 3.12. The zero-order valence-electron chi connectivity index (χ0n) is 17.6. The van der Waals surface area contributed by atoms with Crippen LogP contribution in [0.15, 0.2) is 83.8 Å². The molecular weight excluding hydrogens is 398 g/mol. The molecule has 1 N–H and O–H groups in total. The van der Waals surface area contributed by atoms with E-state index in [2.05, 4.69) is 58.8 Å². The highest BCUT2D eigenvalue weighted by Crippen LogP contribution is 2.55. The Morgan fingerprint density at radius 2 is 1.53 bits per heavy atom. The Labute approximate surface area is 185 Å². The van der Waals surface area contributed by atoms with Crippen LogP contribution in [0.2, 0.25) is 0 Å². The molecule has 3 aromatic carbocycles. The van der Waals surface area contributed by atoms with Crippen molar-refractivity contribution in [2.75, 3.05) is 6.54 Å². The number of carbonyl (C=O) groups excluding carboxylic acids is 1. The number of fused-ring (bicyclic) bond motifs is 2. The molecule has 1 atom stereocenters. The Hall–Kier alpha value is -3.73.